The molecule has 0 bridgehead atoms. The molecule has 0 atom stereocenters. The van der Waals surface area contributed by atoms with Crippen molar-refractivity contribution in [1.82, 2.24) is 9.88 Å². The van der Waals surface area contributed by atoms with Crippen molar-refractivity contribution in [3.63, 3.8) is 0 Å². The lowest BCUT2D eigenvalue weighted by atomic mass is 10.1. The minimum atomic E-state index is 0.308. The number of hydrogen-bond donors (Lipinski definition) is 0. The Morgan fingerprint density at radius 1 is 1.15 bits per heavy atom. The van der Waals surface area contributed by atoms with Gasteiger partial charge < -0.3 is 4.74 Å². The summed E-state index contributed by atoms with van der Waals surface area (Å²) in [4.78, 5) is 7.71. The highest BCUT2D eigenvalue weighted by Crippen LogP contribution is 2.20. The summed E-state index contributed by atoms with van der Waals surface area (Å²) >= 11 is 1.78. The number of ether oxygens (including phenoxy) is 1. The molecule has 2 heterocycles. The molecule has 104 valence electrons. The SMILES string of the molecule is CSc1ccc(CN2CC(Oc3ccncc3)C2)cc1. The van der Waals surface area contributed by atoms with Crippen molar-refractivity contribution in [3.8, 4) is 5.75 Å². The first-order valence-corrected chi connectivity index (χ1v) is 7.98. The number of aromatic nitrogens is 1. The number of nitrogens with zero attached hydrogens (tertiary/aromatic N) is 2. The van der Waals surface area contributed by atoms with Crippen LogP contribution >= 0.6 is 11.8 Å². The van der Waals surface area contributed by atoms with Gasteiger partial charge in [-0.3, -0.25) is 9.88 Å². The van der Waals surface area contributed by atoms with Crippen LogP contribution in [0.3, 0.4) is 0 Å². The minimum Gasteiger partial charge on any atom is -0.488 e. The predicted molar refractivity (Wildman–Crippen MR) is 82.2 cm³/mol. The molecule has 0 N–H and O–H groups in total. The number of thioether (sulfide) groups is 1. The molecule has 0 radical (unpaired) electrons. The summed E-state index contributed by atoms with van der Waals surface area (Å²) in [7, 11) is 0. The van der Waals surface area contributed by atoms with E-state index in [4.69, 9.17) is 4.74 Å². The Morgan fingerprint density at radius 2 is 1.85 bits per heavy atom. The van der Waals surface area contributed by atoms with E-state index in [1.54, 1.807) is 24.2 Å². The summed E-state index contributed by atoms with van der Waals surface area (Å²) in [5.41, 5.74) is 1.37. The average molecular weight is 286 g/mol. The molecule has 1 aromatic carbocycles. The fourth-order valence-electron chi connectivity index (χ4n) is 2.32. The van der Waals surface area contributed by atoms with Crippen LogP contribution in [0.4, 0.5) is 0 Å². The molecule has 20 heavy (non-hydrogen) atoms. The van der Waals surface area contributed by atoms with Crippen LogP contribution in [0, 0.1) is 0 Å². The third-order valence-corrected chi connectivity index (χ3v) is 4.18. The monoisotopic (exact) mass is 286 g/mol. The van der Waals surface area contributed by atoms with E-state index in [0.717, 1.165) is 25.4 Å². The Balaban J connectivity index is 1.46. The fraction of sp³-hybridized carbons (Fsp3) is 0.312. The van der Waals surface area contributed by atoms with E-state index >= 15 is 0 Å². The third kappa shape index (κ3) is 3.32. The molecule has 0 unspecified atom stereocenters. The van der Waals surface area contributed by atoms with Gasteiger partial charge in [-0.25, -0.2) is 0 Å². The summed E-state index contributed by atoms with van der Waals surface area (Å²) in [6, 6.07) is 12.6. The van der Waals surface area contributed by atoms with Gasteiger partial charge in [0.25, 0.3) is 0 Å². The molecule has 0 saturated carbocycles. The van der Waals surface area contributed by atoms with Gasteiger partial charge in [0.05, 0.1) is 0 Å². The second-order valence-electron chi connectivity index (χ2n) is 4.96. The van der Waals surface area contributed by atoms with Gasteiger partial charge in [-0.05, 0) is 36.1 Å². The van der Waals surface area contributed by atoms with Crippen LogP contribution in [0.25, 0.3) is 0 Å². The van der Waals surface area contributed by atoms with Crippen molar-refractivity contribution in [3.05, 3.63) is 54.4 Å². The molecule has 0 amide bonds. The highest BCUT2D eigenvalue weighted by Gasteiger charge is 2.28. The number of likely N-dealkylation sites (tertiary alicyclic amines) is 1. The standard InChI is InChI=1S/C16H18N2OS/c1-20-16-4-2-13(3-5-16)10-18-11-15(12-18)19-14-6-8-17-9-7-14/h2-9,15H,10-12H2,1H3. The molecule has 0 aliphatic carbocycles. The maximum Gasteiger partial charge on any atom is 0.124 e. The second kappa shape index (κ2) is 6.29. The molecule has 1 aliphatic heterocycles. The smallest absolute Gasteiger partial charge is 0.124 e. The molecule has 1 fully saturated rings. The van der Waals surface area contributed by atoms with Crippen LogP contribution in [0.1, 0.15) is 5.56 Å². The van der Waals surface area contributed by atoms with Crippen molar-refractivity contribution in [2.24, 2.45) is 0 Å². The van der Waals surface area contributed by atoms with Crippen LogP contribution in [-0.2, 0) is 6.54 Å². The maximum absolute atomic E-state index is 5.87. The first-order valence-electron chi connectivity index (χ1n) is 6.75. The summed E-state index contributed by atoms with van der Waals surface area (Å²) in [6.07, 6.45) is 5.94. The van der Waals surface area contributed by atoms with Crippen LogP contribution in [0.5, 0.6) is 5.75 Å². The first-order chi connectivity index (χ1) is 9.83. The number of hydrogen-bond acceptors (Lipinski definition) is 4. The quantitative estimate of drug-likeness (QED) is 0.789. The van der Waals surface area contributed by atoms with Crippen LogP contribution in [0.15, 0.2) is 53.7 Å². The van der Waals surface area contributed by atoms with Gasteiger partial charge >= 0.3 is 0 Å². The second-order valence-corrected chi connectivity index (χ2v) is 5.84. The summed E-state index contributed by atoms with van der Waals surface area (Å²) in [6.45, 7) is 2.99. The number of pyridine rings is 1. The van der Waals surface area contributed by atoms with E-state index in [-0.39, 0.29) is 0 Å². The Hall–Kier alpha value is -1.52. The molecule has 1 saturated heterocycles. The van der Waals surface area contributed by atoms with Crippen molar-refractivity contribution in [2.45, 2.75) is 17.5 Å². The third-order valence-electron chi connectivity index (χ3n) is 3.44. The Kier molecular flexibility index (Phi) is 4.23. The average Bonchev–Trinajstić information content (AvgIpc) is 2.47. The van der Waals surface area contributed by atoms with Crippen LogP contribution in [0.2, 0.25) is 0 Å². The Labute approximate surface area is 124 Å². The van der Waals surface area contributed by atoms with Crippen molar-refractivity contribution < 1.29 is 4.74 Å². The van der Waals surface area contributed by atoms with Gasteiger partial charge in [0.15, 0.2) is 0 Å². The van der Waals surface area contributed by atoms with Gasteiger partial charge in [0.1, 0.15) is 11.9 Å². The molecule has 0 spiro atoms. The molecule has 4 heteroatoms. The topological polar surface area (TPSA) is 25.4 Å². The zero-order valence-electron chi connectivity index (χ0n) is 11.5. The number of benzene rings is 1. The predicted octanol–water partition coefficient (Wildman–Crippen LogP) is 3.07. The maximum atomic E-state index is 5.87. The van der Waals surface area contributed by atoms with Crippen molar-refractivity contribution >= 4 is 11.8 Å². The highest BCUT2D eigenvalue weighted by molar-refractivity contribution is 7.98. The van der Waals surface area contributed by atoms with Gasteiger partial charge in [-0.2, -0.15) is 0 Å². The largest absolute Gasteiger partial charge is 0.488 e. The summed E-state index contributed by atoms with van der Waals surface area (Å²) in [5, 5.41) is 0. The molecule has 2 aromatic rings. The van der Waals surface area contributed by atoms with E-state index in [1.807, 2.05) is 12.1 Å². The lowest BCUT2D eigenvalue weighted by molar-refractivity contribution is 0.0145. The fourth-order valence-corrected chi connectivity index (χ4v) is 2.73. The Bertz CT molecular complexity index is 538. The van der Waals surface area contributed by atoms with E-state index in [1.165, 1.54) is 10.5 Å². The lowest BCUT2D eigenvalue weighted by Crippen LogP contribution is -2.53. The molecule has 1 aromatic heterocycles. The number of rotatable bonds is 5. The van der Waals surface area contributed by atoms with Gasteiger partial charge in [-0.1, -0.05) is 12.1 Å². The Morgan fingerprint density at radius 3 is 2.50 bits per heavy atom. The molecule has 3 nitrogen and oxygen atoms in total. The van der Waals surface area contributed by atoms with E-state index in [0.29, 0.717) is 6.10 Å². The minimum absolute atomic E-state index is 0.308. The van der Waals surface area contributed by atoms with Crippen molar-refractivity contribution in [2.75, 3.05) is 19.3 Å². The molecular formula is C16H18N2OS. The lowest BCUT2D eigenvalue weighted by Gasteiger charge is -2.39. The van der Waals surface area contributed by atoms with E-state index in [2.05, 4.69) is 40.4 Å². The van der Waals surface area contributed by atoms with E-state index in [9.17, 15) is 0 Å². The first kappa shape index (κ1) is 13.5. The van der Waals surface area contributed by atoms with Gasteiger partial charge in [-0.15, -0.1) is 11.8 Å². The highest BCUT2D eigenvalue weighted by atomic mass is 32.2. The van der Waals surface area contributed by atoms with Crippen molar-refractivity contribution in [1.29, 1.82) is 0 Å². The zero-order valence-corrected chi connectivity index (χ0v) is 12.3. The normalized spacial score (nSPS) is 15.8. The van der Waals surface area contributed by atoms with E-state index < -0.39 is 0 Å². The van der Waals surface area contributed by atoms with Gasteiger partial charge in [0, 0.05) is 36.9 Å². The van der Waals surface area contributed by atoms with Gasteiger partial charge in [0.2, 0.25) is 0 Å². The summed E-state index contributed by atoms with van der Waals surface area (Å²) in [5.74, 6) is 0.911. The molecule has 1 aliphatic rings. The molecule has 3 rings (SSSR count). The summed E-state index contributed by atoms with van der Waals surface area (Å²) < 4.78 is 5.87. The zero-order chi connectivity index (χ0) is 13.8. The van der Waals surface area contributed by atoms with Crippen LogP contribution in [-0.4, -0.2) is 35.3 Å². The van der Waals surface area contributed by atoms with Crippen LogP contribution < -0.4 is 4.74 Å². The molecular weight excluding hydrogens is 268 g/mol.